The molecule has 0 aromatic carbocycles. The molecule has 4 heterocycles. The van der Waals surface area contributed by atoms with Crippen LogP contribution in [0.4, 0.5) is 0 Å². The third kappa shape index (κ3) is 3.49. The van der Waals surface area contributed by atoms with Crippen LogP contribution >= 0.6 is 11.3 Å². The smallest absolute Gasteiger partial charge is 0.282 e. The summed E-state index contributed by atoms with van der Waals surface area (Å²) in [5.74, 6) is 0. The Balaban J connectivity index is 1.62. The van der Waals surface area contributed by atoms with Gasteiger partial charge in [0.25, 0.3) is 5.56 Å². The Hall–Kier alpha value is -2.25. The summed E-state index contributed by atoms with van der Waals surface area (Å²) in [6.07, 6.45) is 6.70. The molecule has 0 unspecified atom stereocenters. The van der Waals surface area contributed by atoms with Crippen LogP contribution in [-0.2, 0) is 17.7 Å². The van der Waals surface area contributed by atoms with E-state index in [2.05, 4.69) is 41.5 Å². The standard InChI is InChI=1S/C20H24N4O2S/c1-4-17-9-18-19(27-17)21-12-24(20(18)25)22-10-15-8-13(2)23(14(15)3)11-16-6-5-7-26-16/h8-10,12,16H,4-7,11H2,1-3H3/b22-10-/t16-/m0/s1. The fourth-order valence-corrected chi connectivity index (χ4v) is 4.50. The lowest BCUT2D eigenvalue weighted by molar-refractivity contribution is 0.0962. The van der Waals surface area contributed by atoms with E-state index in [9.17, 15) is 4.79 Å². The Morgan fingerprint density at radius 3 is 3.00 bits per heavy atom. The van der Waals surface area contributed by atoms with Gasteiger partial charge in [0, 0.05) is 35.0 Å². The molecule has 1 aliphatic heterocycles. The molecule has 0 saturated carbocycles. The first-order valence-corrected chi connectivity index (χ1v) is 10.2. The first-order valence-electron chi connectivity index (χ1n) is 9.39. The second kappa shape index (κ2) is 7.40. The van der Waals surface area contributed by atoms with Crippen molar-refractivity contribution in [2.75, 3.05) is 6.61 Å². The van der Waals surface area contributed by atoms with Crippen molar-refractivity contribution in [1.29, 1.82) is 0 Å². The Morgan fingerprint density at radius 1 is 1.41 bits per heavy atom. The van der Waals surface area contributed by atoms with Crippen molar-refractivity contribution in [2.45, 2.75) is 52.7 Å². The fraction of sp³-hybridized carbons (Fsp3) is 0.450. The molecule has 0 bridgehead atoms. The lowest BCUT2D eigenvalue weighted by Crippen LogP contribution is -2.17. The zero-order chi connectivity index (χ0) is 19.0. The van der Waals surface area contributed by atoms with E-state index in [0.29, 0.717) is 11.5 Å². The molecule has 0 amide bonds. The zero-order valence-corrected chi connectivity index (χ0v) is 16.8. The van der Waals surface area contributed by atoms with Gasteiger partial charge >= 0.3 is 0 Å². The lowest BCUT2D eigenvalue weighted by Gasteiger charge is -2.14. The van der Waals surface area contributed by atoms with Crippen molar-refractivity contribution in [2.24, 2.45) is 5.10 Å². The molecule has 0 N–H and O–H groups in total. The number of rotatable bonds is 5. The Bertz CT molecular complexity index is 1050. The van der Waals surface area contributed by atoms with E-state index >= 15 is 0 Å². The number of hydrogen-bond donors (Lipinski definition) is 0. The molecule has 7 heteroatoms. The number of fused-ring (bicyclic) bond motifs is 1. The second-order valence-electron chi connectivity index (χ2n) is 7.00. The maximum atomic E-state index is 12.7. The topological polar surface area (TPSA) is 61.4 Å². The summed E-state index contributed by atoms with van der Waals surface area (Å²) in [6, 6.07) is 4.03. The molecule has 0 aliphatic carbocycles. The van der Waals surface area contributed by atoms with Gasteiger partial charge < -0.3 is 9.30 Å². The molecule has 142 valence electrons. The highest BCUT2D eigenvalue weighted by Crippen LogP contribution is 2.21. The molecule has 1 fully saturated rings. The lowest BCUT2D eigenvalue weighted by atomic mass is 10.2. The highest BCUT2D eigenvalue weighted by molar-refractivity contribution is 7.18. The summed E-state index contributed by atoms with van der Waals surface area (Å²) in [5.41, 5.74) is 3.20. The van der Waals surface area contributed by atoms with Crippen LogP contribution in [-0.4, -0.2) is 33.2 Å². The molecule has 4 rings (SSSR count). The van der Waals surface area contributed by atoms with Gasteiger partial charge in [0.2, 0.25) is 0 Å². The first kappa shape index (κ1) is 18.1. The molecular formula is C20H24N4O2S. The predicted octanol–water partition coefficient (Wildman–Crippen LogP) is 3.50. The van der Waals surface area contributed by atoms with E-state index in [4.69, 9.17) is 4.74 Å². The monoisotopic (exact) mass is 384 g/mol. The Kier molecular flexibility index (Phi) is 4.97. The number of ether oxygens (including phenoxy) is 1. The number of thiophene rings is 1. The van der Waals surface area contributed by atoms with E-state index in [-0.39, 0.29) is 5.56 Å². The molecular weight excluding hydrogens is 360 g/mol. The van der Waals surface area contributed by atoms with Crippen molar-refractivity contribution in [1.82, 2.24) is 14.2 Å². The molecule has 3 aromatic heterocycles. The van der Waals surface area contributed by atoms with Crippen LogP contribution in [0.25, 0.3) is 10.2 Å². The minimum atomic E-state index is -0.125. The number of aryl methyl sites for hydroxylation is 2. The van der Waals surface area contributed by atoms with Gasteiger partial charge in [0.1, 0.15) is 11.2 Å². The normalized spacial score (nSPS) is 17.5. The van der Waals surface area contributed by atoms with Crippen molar-refractivity contribution >= 4 is 27.8 Å². The first-order chi connectivity index (χ1) is 13.1. The van der Waals surface area contributed by atoms with Crippen LogP contribution in [0, 0.1) is 13.8 Å². The minimum Gasteiger partial charge on any atom is -0.376 e. The van der Waals surface area contributed by atoms with Crippen LogP contribution in [0.1, 0.15) is 41.6 Å². The van der Waals surface area contributed by atoms with Crippen LogP contribution in [0.2, 0.25) is 0 Å². The number of nitrogens with zero attached hydrogens (tertiary/aromatic N) is 4. The number of aromatic nitrogens is 3. The van der Waals surface area contributed by atoms with Gasteiger partial charge in [-0.25, -0.2) is 4.98 Å². The summed E-state index contributed by atoms with van der Waals surface area (Å²) in [4.78, 5) is 19.0. The quantitative estimate of drug-likeness (QED) is 0.633. The van der Waals surface area contributed by atoms with Crippen LogP contribution in [0.5, 0.6) is 0 Å². The number of hydrogen-bond acceptors (Lipinski definition) is 5. The summed E-state index contributed by atoms with van der Waals surface area (Å²) in [5, 5.41) is 5.02. The predicted molar refractivity (Wildman–Crippen MR) is 109 cm³/mol. The van der Waals surface area contributed by atoms with Gasteiger partial charge in [-0.1, -0.05) is 6.92 Å². The van der Waals surface area contributed by atoms with Crippen LogP contribution in [0.3, 0.4) is 0 Å². The van der Waals surface area contributed by atoms with Gasteiger partial charge in [-0.15, -0.1) is 11.3 Å². The largest absolute Gasteiger partial charge is 0.376 e. The summed E-state index contributed by atoms with van der Waals surface area (Å²) < 4.78 is 9.36. The van der Waals surface area contributed by atoms with Gasteiger partial charge in [-0.3, -0.25) is 4.79 Å². The molecule has 6 nitrogen and oxygen atoms in total. The third-order valence-corrected chi connectivity index (χ3v) is 6.37. The van der Waals surface area contributed by atoms with E-state index in [0.717, 1.165) is 53.4 Å². The highest BCUT2D eigenvalue weighted by atomic mass is 32.1. The molecule has 3 aromatic rings. The molecule has 1 aliphatic rings. The maximum absolute atomic E-state index is 12.7. The summed E-state index contributed by atoms with van der Waals surface area (Å²) >= 11 is 1.57. The molecule has 1 saturated heterocycles. The van der Waals surface area contributed by atoms with Gasteiger partial charge in [0.15, 0.2) is 0 Å². The minimum absolute atomic E-state index is 0.125. The summed E-state index contributed by atoms with van der Waals surface area (Å²) in [6.45, 7) is 7.98. The molecule has 27 heavy (non-hydrogen) atoms. The van der Waals surface area contributed by atoms with Gasteiger partial charge in [-0.2, -0.15) is 9.78 Å². The molecule has 1 atom stereocenters. The second-order valence-corrected chi connectivity index (χ2v) is 8.11. The van der Waals surface area contributed by atoms with Crippen LogP contribution in [0.15, 0.2) is 28.4 Å². The zero-order valence-electron chi connectivity index (χ0n) is 15.9. The highest BCUT2D eigenvalue weighted by Gasteiger charge is 2.18. The molecule has 0 radical (unpaired) electrons. The van der Waals surface area contributed by atoms with Crippen molar-refractivity contribution in [3.63, 3.8) is 0 Å². The van der Waals surface area contributed by atoms with E-state index in [1.807, 2.05) is 6.07 Å². The third-order valence-electron chi connectivity index (χ3n) is 5.18. The van der Waals surface area contributed by atoms with E-state index in [1.165, 1.54) is 16.7 Å². The van der Waals surface area contributed by atoms with Crippen molar-refractivity contribution in [3.8, 4) is 0 Å². The molecule has 0 spiro atoms. The summed E-state index contributed by atoms with van der Waals surface area (Å²) in [7, 11) is 0. The SMILES string of the molecule is CCc1cc2c(=O)n(/N=C\c3cc(C)n(C[C@@H]4CCCO4)c3C)cnc2s1. The maximum Gasteiger partial charge on any atom is 0.282 e. The average Bonchev–Trinajstić information content (AvgIpc) is 3.38. The van der Waals surface area contributed by atoms with Crippen molar-refractivity contribution in [3.05, 3.63) is 50.6 Å². The fourth-order valence-electron chi connectivity index (χ4n) is 3.58. The van der Waals surface area contributed by atoms with Crippen LogP contribution < -0.4 is 5.56 Å². The van der Waals surface area contributed by atoms with E-state index in [1.54, 1.807) is 17.6 Å². The average molecular weight is 385 g/mol. The van der Waals surface area contributed by atoms with Gasteiger partial charge in [0.05, 0.1) is 17.7 Å². The Morgan fingerprint density at radius 2 is 2.26 bits per heavy atom. The van der Waals surface area contributed by atoms with Crippen molar-refractivity contribution < 1.29 is 4.74 Å². The van der Waals surface area contributed by atoms with E-state index < -0.39 is 0 Å². The Labute approximate surface area is 162 Å². The van der Waals surface area contributed by atoms with Gasteiger partial charge in [-0.05, 0) is 45.2 Å².